The van der Waals surface area contributed by atoms with Crippen LogP contribution in [-0.4, -0.2) is 81.6 Å². The molecule has 1 aromatic carbocycles. The Morgan fingerprint density at radius 3 is 2.78 bits per heavy atom. The second kappa shape index (κ2) is 10.1. The molecule has 32 heavy (non-hydrogen) atoms. The number of nitrogens with one attached hydrogen (secondary N) is 1. The number of aromatic nitrogens is 2. The van der Waals surface area contributed by atoms with Crippen LogP contribution >= 0.6 is 0 Å². The van der Waals surface area contributed by atoms with Gasteiger partial charge in [0.25, 0.3) is 5.91 Å². The third-order valence-corrected chi connectivity index (χ3v) is 6.22. The van der Waals surface area contributed by atoms with Gasteiger partial charge in [0, 0.05) is 44.6 Å². The number of likely N-dealkylation sites (tertiary alicyclic amines) is 2. The largest absolute Gasteiger partial charge is 0.497 e. The van der Waals surface area contributed by atoms with Gasteiger partial charge < -0.3 is 20.1 Å². The number of methoxy groups -OCH3 is 1. The van der Waals surface area contributed by atoms with E-state index in [1.54, 1.807) is 18.2 Å². The number of benzene rings is 1. The molecule has 0 unspecified atom stereocenters. The molecule has 2 atom stereocenters. The summed E-state index contributed by atoms with van der Waals surface area (Å²) in [6, 6.07) is 7.36. The number of carbonyl (C=O) groups excluding carboxylic acids is 2. The first-order valence-electron chi connectivity index (χ1n) is 10.9. The number of aliphatic hydroxyl groups is 1. The Hall–Kier alpha value is -3.04. The quantitative estimate of drug-likeness (QED) is 0.687. The van der Waals surface area contributed by atoms with E-state index in [1.807, 2.05) is 24.3 Å². The highest BCUT2D eigenvalue weighted by molar-refractivity contribution is 5.92. The van der Waals surface area contributed by atoms with E-state index in [-0.39, 0.29) is 23.9 Å². The molecule has 0 radical (unpaired) electrons. The van der Waals surface area contributed by atoms with Gasteiger partial charge in [-0.1, -0.05) is 12.1 Å². The van der Waals surface area contributed by atoms with Crippen LogP contribution in [0.25, 0.3) is 0 Å². The van der Waals surface area contributed by atoms with Crippen molar-refractivity contribution >= 4 is 11.8 Å². The van der Waals surface area contributed by atoms with Crippen molar-refractivity contribution in [1.29, 1.82) is 0 Å². The smallest absolute Gasteiger partial charge is 0.274 e. The van der Waals surface area contributed by atoms with Crippen LogP contribution in [-0.2, 0) is 11.3 Å². The van der Waals surface area contributed by atoms with Crippen molar-refractivity contribution in [1.82, 2.24) is 25.1 Å². The lowest BCUT2D eigenvalue weighted by molar-refractivity contribution is -0.126. The van der Waals surface area contributed by atoms with Gasteiger partial charge in [-0.2, -0.15) is 0 Å². The van der Waals surface area contributed by atoms with Gasteiger partial charge in [-0.15, -0.1) is 0 Å². The average molecular weight is 440 g/mol. The number of ether oxygens (including phenoxy) is 1. The molecule has 0 spiro atoms. The zero-order chi connectivity index (χ0) is 22.5. The Morgan fingerprint density at radius 2 is 2.06 bits per heavy atom. The molecule has 1 aromatic heterocycles. The van der Waals surface area contributed by atoms with Crippen LogP contribution in [0.5, 0.6) is 5.75 Å². The van der Waals surface area contributed by atoms with Crippen LogP contribution < -0.4 is 10.1 Å². The van der Waals surface area contributed by atoms with E-state index in [0.29, 0.717) is 38.3 Å². The van der Waals surface area contributed by atoms with Crippen molar-refractivity contribution in [3.8, 4) is 5.75 Å². The molecule has 9 heteroatoms. The van der Waals surface area contributed by atoms with Gasteiger partial charge in [0.1, 0.15) is 11.4 Å². The molecule has 3 heterocycles. The van der Waals surface area contributed by atoms with Gasteiger partial charge in [0.2, 0.25) is 5.91 Å². The highest BCUT2D eigenvalue weighted by atomic mass is 16.5. The minimum absolute atomic E-state index is 0.0811. The Morgan fingerprint density at radius 1 is 1.25 bits per heavy atom. The molecule has 2 amide bonds. The number of amides is 2. The second-order valence-electron chi connectivity index (χ2n) is 8.29. The number of hydrogen-bond acceptors (Lipinski definition) is 7. The van der Waals surface area contributed by atoms with Crippen LogP contribution in [0.15, 0.2) is 42.9 Å². The molecule has 2 aromatic rings. The fourth-order valence-electron chi connectivity index (χ4n) is 4.56. The Kier molecular flexibility index (Phi) is 6.96. The predicted molar refractivity (Wildman–Crippen MR) is 117 cm³/mol. The summed E-state index contributed by atoms with van der Waals surface area (Å²) in [6.07, 6.45) is 5.93. The van der Waals surface area contributed by atoms with E-state index in [0.717, 1.165) is 24.2 Å². The first kappa shape index (κ1) is 22.2. The van der Waals surface area contributed by atoms with Gasteiger partial charge in [-0.3, -0.25) is 19.5 Å². The maximum atomic E-state index is 13.0. The SMILES string of the molecule is COc1cccc(CNC(=O)[C@@H]2C[C@@H](O)CN2C2CCN(C(=O)c3cnccn3)CC2)c1. The summed E-state index contributed by atoms with van der Waals surface area (Å²) >= 11 is 0. The van der Waals surface area contributed by atoms with Gasteiger partial charge in [-0.05, 0) is 37.0 Å². The molecule has 2 aliphatic heterocycles. The number of β-amino-alcohol motifs (C(OH)–C–C–N with tert-alkyl or cyclic N) is 1. The molecule has 2 N–H and O–H groups in total. The summed E-state index contributed by atoms with van der Waals surface area (Å²) in [7, 11) is 1.61. The average Bonchev–Trinajstić information content (AvgIpc) is 3.24. The minimum Gasteiger partial charge on any atom is -0.497 e. The van der Waals surface area contributed by atoms with E-state index in [2.05, 4.69) is 20.2 Å². The molecule has 0 saturated carbocycles. The maximum Gasteiger partial charge on any atom is 0.274 e. The zero-order valence-electron chi connectivity index (χ0n) is 18.2. The Bertz CT molecular complexity index is 933. The fourth-order valence-corrected chi connectivity index (χ4v) is 4.56. The van der Waals surface area contributed by atoms with Gasteiger partial charge in [-0.25, -0.2) is 4.98 Å². The maximum absolute atomic E-state index is 13.0. The molecule has 2 aliphatic rings. The molecule has 2 fully saturated rings. The van der Waals surface area contributed by atoms with E-state index in [9.17, 15) is 14.7 Å². The molecule has 170 valence electrons. The topological polar surface area (TPSA) is 108 Å². The van der Waals surface area contributed by atoms with Gasteiger partial charge in [0.15, 0.2) is 0 Å². The zero-order valence-corrected chi connectivity index (χ0v) is 18.2. The molecule has 9 nitrogen and oxygen atoms in total. The van der Waals surface area contributed by atoms with Crippen molar-refractivity contribution in [2.75, 3.05) is 26.7 Å². The van der Waals surface area contributed by atoms with Crippen LogP contribution in [0, 0.1) is 0 Å². The van der Waals surface area contributed by atoms with Crippen LogP contribution in [0.4, 0.5) is 0 Å². The van der Waals surface area contributed by atoms with E-state index in [1.165, 1.54) is 12.4 Å². The summed E-state index contributed by atoms with van der Waals surface area (Å²) < 4.78 is 5.24. The van der Waals surface area contributed by atoms with Crippen molar-refractivity contribution in [3.63, 3.8) is 0 Å². The van der Waals surface area contributed by atoms with Crippen LogP contribution in [0.1, 0.15) is 35.3 Å². The monoisotopic (exact) mass is 439 g/mol. The third-order valence-electron chi connectivity index (χ3n) is 6.22. The summed E-state index contributed by atoms with van der Waals surface area (Å²) in [5.41, 5.74) is 1.30. The van der Waals surface area contributed by atoms with Crippen molar-refractivity contribution < 1.29 is 19.4 Å². The standard InChI is InChI=1S/C23H29N5O4/c1-32-19-4-2-3-16(11-19)13-26-22(30)21-12-18(29)15-28(21)17-5-9-27(10-6-17)23(31)20-14-24-7-8-25-20/h2-4,7-8,11,14,17-18,21,29H,5-6,9-10,12-13,15H2,1H3,(H,26,30)/t18-,21+/m1/s1. The molecule has 0 bridgehead atoms. The fraction of sp³-hybridized carbons (Fsp3) is 0.478. The lowest BCUT2D eigenvalue weighted by Crippen LogP contribution is -2.52. The van der Waals surface area contributed by atoms with Gasteiger partial charge >= 0.3 is 0 Å². The van der Waals surface area contributed by atoms with Crippen molar-refractivity contribution in [2.45, 2.75) is 44.0 Å². The van der Waals surface area contributed by atoms with E-state index < -0.39 is 6.10 Å². The van der Waals surface area contributed by atoms with Crippen LogP contribution in [0.3, 0.4) is 0 Å². The number of rotatable bonds is 6. The predicted octanol–water partition coefficient (Wildman–Crippen LogP) is 0.841. The molecular formula is C23H29N5O4. The highest BCUT2D eigenvalue weighted by Gasteiger charge is 2.41. The summed E-state index contributed by atoms with van der Waals surface area (Å²) in [5, 5.41) is 13.3. The lowest BCUT2D eigenvalue weighted by Gasteiger charge is -2.38. The van der Waals surface area contributed by atoms with Crippen LogP contribution in [0.2, 0.25) is 0 Å². The first-order chi connectivity index (χ1) is 15.5. The minimum atomic E-state index is -0.526. The highest BCUT2D eigenvalue weighted by Crippen LogP contribution is 2.27. The Balaban J connectivity index is 1.33. The molecule has 0 aliphatic carbocycles. The number of carbonyl (C=O) groups is 2. The molecule has 4 rings (SSSR count). The number of piperidine rings is 1. The summed E-state index contributed by atoms with van der Waals surface area (Å²) in [4.78, 5) is 37.5. The van der Waals surface area contributed by atoms with Crippen molar-refractivity contribution in [3.05, 3.63) is 54.1 Å². The first-order valence-corrected chi connectivity index (χ1v) is 10.9. The van der Waals surface area contributed by atoms with Gasteiger partial charge in [0.05, 0.1) is 25.5 Å². The van der Waals surface area contributed by atoms with E-state index in [4.69, 9.17) is 4.74 Å². The van der Waals surface area contributed by atoms with E-state index >= 15 is 0 Å². The summed E-state index contributed by atoms with van der Waals surface area (Å²) in [6.45, 7) is 2.05. The lowest BCUT2D eigenvalue weighted by atomic mass is 10.0. The Labute approximate surface area is 187 Å². The second-order valence-corrected chi connectivity index (χ2v) is 8.29. The number of aliphatic hydroxyl groups excluding tert-OH is 1. The molecular weight excluding hydrogens is 410 g/mol. The molecule has 2 saturated heterocycles. The summed E-state index contributed by atoms with van der Waals surface area (Å²) in [5.74, 6) is 0.547. The third kappa shape index (κ3) is 5.05. The van der Waals surface area contributed by atoms with Crippen molar-refractivity contribution in [2.24, 2.45) is 0 Å². The number of nitrogens with zero attached hydrogens (tertiary/aromatic N) is 4. The number of hydrogen-bond donors (Lipinski definition) is 2. The normalized spacial score (nSPS) is 22.0.